The van der Waals surface area contributed by atoms with Gasteiger partial charge in [-0.25, -0.2) is 4.39 Å². The van der Waals surface area contributed by atoms with Crippen molar-refractivity contribution < 1.29 is 8.81 Å². The summed E-state index contributed by atoms with van der Waals surface area (Å²) in [6.45, 7) is 4.92. The Hall–Kier alpha value is -1.13. The number of furan rings is 1. The van der Waals surface area contributed by atoms with Crippen LogP contribution in [0.25, 0.3) is 0 Å². The molecule has 2 nitrogen and oxygen atoms in total. The van der Waals surface area contributed by atoms with Crippen molar-refractivity contribution >= 4 is 15.9 Å². The van der Waals surface area contributed by atoms with Crippen molar-refractivity contribution in [3.63, 3.8) is 0 Å². The molecule has 0 bridgehead atoms. The zero-order chi connectivity index (χ0) is 13.1. The molecular weight excluding hydrogens is 297 g/mol. The molecule has 1 aromatic heterocycles. The number of nitrogens with one attached hydrogen (secondary N) is 1. The standard InChI is InChI=1S/C14H15BrFNO/c1-9-5-11(6-10(2)14(9)16)7-17-8-12-3-4-13(15)18-12/h3-6,17H,7-8H2,1-2H3. The van der Waals surface area contributed by atoms with Crippen molar-refractivity contribution in [3.05, 3.63) is 57.2 Å². The average molecular weight is 312 g/mol. The summed E-state index contributed by atoms with van der Waals surface area (Å²) in [7, 11) is 0. The topological polar surface area (TPSA) is 25.2 Å². The minimum atomic E-state index is -0.117. The Balaban J connectivity index is 1.94. The summed E-state index contributed by atoms with van der Waals surface area (Å²) in [4.78, 5) is 0. The maximum Gasteiger partial charge on any atom is 0.169 e. The molecule has 0 aliphatic rings. The van der Waals surface area contributed by atoms with E-state index in [0.717, 1.165) is 16.0 Å². The van der Waals surface area contributed by atoms with E-state index < -0.39 is 0 Å². The second-order valence-corrected chi connectivity index (χ2v) is 5.13. The molecule has 0 aliphatic heterocycles. The molecule has 1 heterocycles. The summed E-state index contributed by atoms with van der Waals surface area (Å²) in [6, 6.07) is 7.52. The summed E-state index contributed by atoms with van der Waals surface area (Å²) >= 11 is 3.26. The number of rotatable bonds is 4. The Bertz CT molecular complexity index is 527. The van der Waals surface area contributed by atoms with E-state index in [1.54, 1.807) is 13.8 Å². The van der Waals surface area contributed by atoms with Crippen LogP contribution in [-0.4, -0.2) is 0 Å². The molecule has 0 atom stereocenters. The van der Waals surface area contributed by atoms with Crippen LogP contribution in [0.5, 0.6) is 0 Å². The van der Waals surface area contributed by atoms with Crippen molar-refractivity contribution in [2.75, 3.05) is 0 Å². The highest BCUT2D eigenvalue weighted by Gasteiger charge is 2.04. The fourth-order valence-electron chi connectivity index (χ4n) is 1.91. The number of hydrogen-bond acceptors (Lipinski definition) is 2. The van der Waals surface area contributed by atoms with Gasteiger partial charge in [-0.2, -0.15) is 0 Å². The minimum Gasteiger partial charge on any atom is -0.453 e. The largest absolute Gasteiger partial charge is 0.453 e. The summed E-state index contributed by atoms with van der Waals surface area (Å²) in [6.07, 6.45) is 0. The Kier molecular flexibility index (Phi) is 4.19. The fraction of sp³-hybridized carbons (Fsp3) is 0.286. The molecule has 4 heteroatoms. The first-order valence-corrected chi connectivity index (χ1v) is 6.56. The van der Waals surface area contributed by atoms with Crippen LogP contribution in [0.4, 0.5) is 4.39 Å². The lowest BCUT2D eigenvalue weighted by Crippen LogP contribution is -2.12. The third kappa shape index (κ3) is 3.21. The number of benzene rings is 1. The Morgan fingerprint density at radius 1 is 1.17 bits per heavy atom. The lowest BCUT2D eigenvalue weighted by atomic mass is 10.1. The molecule has 0 radical (unpaired) electrons. The van der Waals surface area contributed by atoms with Gasteiger partial charge in [0.05, 0.1) is 6.54 Å². The molecule has 0 fully saturated rings. The first-order valence-electron chi connectivity index (χ1n) is 5.77. The van der Waals surface area contributed by atoms with E-state index >= 15 is 0 Å². The van der Waals surface area contributed by atoms with Crippen LogP contribution in [0.1, 0.15) is 22.5 Å². The van der Waals surface area contributed by atoms with Gasteiger partial charge < -0.3 is 9.73 Å². The molecule has 0 spiro atoms. The van der Waals surface area contributed by atoms with Crippen molar-refractivity contribution in [2.45, 2.75) is 26.9 Å². The summed E-state index contributed by atoms with van der Waals surface area (Å²) < 4.78 is 19.6. The quantitative estimate of drug-likeness (QED) is 0.920. The summed E-state index contributed by atoms with van der Waals surface area (Å²) in [5, 5.41) is 3.27. The third-order valence-corrected chi connectivity index (χ3v) is 3.18. The van der Waals surface area contributed by atoms with Crippen molar-refractivity contribution in [2.24, 2.45) is 0 Å². The smallest absolute Gasteiger partial charge is 0.169 e. The number of aryl methyl sites for hydroxylation is 2. The third-order valence-electron chi connectivity index (χ3n) is 2.75. The van der Waals surface area contributed by atoms with Gasteiger partial charge in [-0.3, -0.25) is 0 Å². The predicted octanol–water partition coefficient (Wildman–Crippen LogP) is 4.09. The van der Waals surface area contributed by atoms with Crippen molar-refractivity contribution in [1.82, 2.24) is 5.32 Å². The van der Waals surface area contributed by atoms with Crippen LogP contribution < -0.4 is 5.32 Å². The molecule has 0 unspecified atom stereocenters. The van der Waals surface area contributed by atoms with E-state index in [1.807, 2.05) is 24.3 Å². The van der Waals surface area contributed by atoms with E-state index in [4.69, 9.17) is 4.42 Å². The monoisotopic (exact) mass is 311 g/mol. The fourth-order valence-corrected chi connectivity index (χ4v) is 2.25. The zero-order valence-corrected chi connectivity index (χ0v) is 12.0. The van der Waals surface area contributed by atoms with Crippen LogP contribution in [0.3, 0.4) is 0 Å². The van der Waals surface area contributed by atoms with Gasteiger partial charge >= 0.3 is 0 Å². The molecule has 1 aromatic carbocycles. The van der Waals surface area contributed by atoms with E-state index in [2.05, 4.69) is 21.2 Å². The van der Waals surface area contributed by atoms with Gasteiger partial charge in [0, 0.05) is 6.54 Å². The average Bonchev–Trinajstić information content (AvgIpc) is 2.72. The van der Waals surface area contributed by atoms with Gasteiger partial charge in [0.2, 0.25) is 0 Å². The second kappa shape index (κ2) is 5.67. The number of hydrogen-bond donors (Lipinski definition) is 1. The highest BCUT2D eigenvalue weighted by atomic mass is 79.9. The van der Waals surface area contributed by atoms with Crippen molar-refractivity contribution in [3.8, 4) is 0 Å². The molecule has 0 saturated heterocycles. The molecule has 1 N–H and O–H groups in total. The molecule has 0 saturated carbocycles. The highest BCUT2D eigenvalue weighted by Crippen LogP contribution is 2.16. The van der Waals surface area contributed by atoms with Crippen LogP contribution in [-0.2, 0) is 13.1 Å². The van der Waals surface area contributed by atoms with Crippen LogP contribution in [0.2, 0.25) is 0 Å². The maximum absolute atomic E-state index is 13.5. The van der Waals surface area contributed by atoms with Gasteiger partial charge in [-0.15, -0.1) is 0 Å². The lowest BCUT2D eigenvalue weighted by molar-refractivity contribution is 0.465. The molecule has 96 valence electrons. The van der Waals surface area contributed by atoms with Crippen LogP contribution in [0.15, 0.2) is 33.4 Å². The predicted molar refractivity (Wildman–Crippen MR) is 72.8 cm³/mol. The Labute approximate surface area is 114 Å². The number of halogens is 2. The first-order chi connectivity index (χ1) is 8.56. The van der Waals surface area contributed by atoms with Crippen LogP contribution >= 0.6 is 15.9 Å². The Morgan fingerprint density at radius 3 is 2.39 bits per heavy atom. The van der Waals surface area contributed by atoms with E-state index in [0.29, 0.717) is 24.2 Å². The van der Waals surface area contributed by atoms with Gasteiger partial charge in [-0.1, -0.05) is 12.1 Å². The molecule has 0 amide bonds. The molecule has 18 heavy (non-hydrogen) atoms. The second-order valence-electron chi connectivity index (χ2n) is 4.35. The lowest BCUT2D eigenvalue weighted by Gasteiger charge is -2.07. The molecular formula is C14H15BrFNO. The molecule has 0 aliphatic carbocycles. The Morgan fingerprint density at radius 2 is 1.83 bits per heavy atom. The summed E-state index contributed by atoms with van der Waals surface area (Å²) in [5.74, 6) is 0.756. The van der Waals surface area contributed by atoms with Gasteiger partial charge in [0.1, 0.15) is 11.6 Å². The zero-order valence-electron chi connectivity index (χ0n) is 10.4. The van der Waals surface area contributed by atoms with Crippen molar-refractivity contribution in [1.29, 1.82) is 0 Å². The molecule has 2 aromatic rings. The highest BCUT2D eigenvalue weighted by molar-refractivity contribution is 9.10. The van der Waals surface area contributed by atoms with E-state index in [9.17, 15) is 4.39 Å². The maximum atomic E-state index is 13.5. The van der Waals surface area contributed by atoms with E-state index in [-0.39, 0.29) is 5.82 Å². The van der Waals surface area contributed by atoms with E-state index in [1.165, 1.54) is 0 Å². The normalized spacial score (nSPS) is 10.9. The summed E-state index contributed by atoms with van der Waals surface area (Å²) in [5.41, 5.74) is 2.46. The van der Waals surface area contributed by atoms with Gasteiger partial charge in [0.25, 0.3) is 0 Å². The first kappa shape index (κ1) is 13.3. The minimum absolute atomic E-state index is 0.117. The molecule has 2 rings (SSSR count). The van der Waals surface area contributed by atoms with Gasteiger partial charge in [0.15, 0.2) is 4.67 Å². The van der Waals surface area contributed by atoms with Crippen LogP contribution in [0, 0.1) is 19.7 Å². The SMILES string of the molecule is Cc1cc(CNCc2ccc(Br)o2)cc(C)c1F. The van der Waals surface area contributed by atoms with Gasteiger partial charge in [-0.05, 0) is 58.6 Å².